The largest absolute Gasteiger partial charge is 0.480 e. The topological polar surface area (TPSA) is 61.6 Å². The molecule has 2 saturated heterocycles. The van der Waals surface area contributed by atoms with E-state index in [0.717, 1.165) is 74.4 Å². The van der Waals surface area contributed by atoms with Crippen molar-refractivity contribution in [2.75, 3.05) is 32.7 Å². The van der Waals surface area contributed by atoms with Crippen molar-refractivity contribution in [3.63, 3.8) is 0 Å². The van der Waals surface area contributed by atoms with Gasteiger partial charge >= 0.3 is 12.1 Å². The lowest BCUT2D eigenvalue weighted by atomic mass is 9.87. The van der Waals surface area contributed by atoms with Gasteiger partial charge in [-0.05, 0) is 86.1 Å². The van der Waals surface area contributed by atoms with E-state index < -0.39 is 23.8 Å². The molecule has 0 unspecified atom stereocenters. The summed E-state index contributed by atoms with van der Waals surface area (Å²) in [6, 6.07) is 13.6. The second-order valence-electron chi connectivity index (χ2n) is 12.9. The number of hydrogen-bond acceptors (Lipinski definition) is 4. The third-order valence-electron chi connectivity index (χ3n) is 9.90. The van der Waals surface area contributed by atoms with Gasteiger partial charge in [-0.25, -0.2) is 4.39 Å². The van der Waals surface area contributed by atoms with Crippen LogP contribution in [0.2, 0.25) is 0 Å². The number of likely N-dealkylation sites (tertiary alicyclic amines) is 2. The van der Waals surface area contributed by atoms with E-state index in [-0.39, 0.29) is 23.6 Å². The van der Waals surface area contributed by atoms with E-state index in [1.54, 1.807) is 12.1 Å². The van der Waals surface area contributed by atoms with Crippen LogP contribution in [0.1, 0.15) is 79.9 Å². The normalized spacial score (nSPS) is 21.7. The average Bonchev–Trinajstić information content (AvgIpc) is 3.61. The summed E-state index contributed by atoms with van der Waals surface area (Å²) in [6.45, 7) is 10.7. The second kappa shape index (κ2) is 14.0. The third kappa shape index (κ3) is 7.77. The zero-order chi connectivity index (χ0) is 32.3. The number of carboxylic acid groups (broad SMARTS) is 1. The maximum Gasteiger partial charge on any atom is 0.416 e. The third-order valence-corrected chi connectivity index (χ3v) is 9.90. The number of aryl methyl sites for hydroxylation is 1. The minimum atomic E-state index is -4.35. The lowest BCUT2D eigenvalue weighted by Gasteiger charge is -2.35. The minimum absolute atomic E-state index is 0.0118. The number of carboxylic acids is 1. The summed E-state index contributed by atoms with van der Waals surface area (Å²) in [5.74, 6) is -0.487. The number of benzene rings is 2. The van der Waals surface area contributed by atoms with Gasteiger partial charge in [-0.3, -0.25) is 14.4 Å². The fourth-order valence-electron chi connectivity index (χ4n) is 7.33. The zero-order valence-corrected chi connectivity index (χ0v) is 26.3. The molecule has 1 N–H and O–H groups in total. The number of nitrogens with zero attached hydrogens (tertiary/aromatic N) is 4. The molecule has 244 valence electrons. The van der Waals surface area contributed by atoms with Crippen LogP contribution >= 0.6 is 0 Å². The van der Waals surface area contributed by atoms with E-state index in [9.17, 15) is 27.5 Å². The molecule has 3 aromatic rings. The van der Waals surface area contributed by atoms with Crippen LogP contribution in [0.5, 0.6) is 0 Å². The number of piperidine rings is 1. The quantitative estimate of drug-likeness (QED) is 0.231. The number of rotatable bonds is 11. The predicted octanol–water partition coefficient (Wildman–Crippen LogP) is 7.05. The summed E-state index contributed by atoms with van der Waals surface area (Å²) in [5, 5.41) is 14.9. The molecule has 1 aromatic heterocycles. The first kappa shape index (κ1) is 33.1. The lowest BCUT2D eigenvalue weighted by molar-refractivity contribution is -0.145. The zero-order valence-electron chi connectivity index (χ0n) is 26.3. The monoisotopic (exact) mass is 628 g/mol. The Morgan fingerprint density at radius 3 is 2.36 bits per heavy atom. The number of aromatic nitrogens is 2. The van der Waals surface area contributed by atoms with E-state index in [0.29, 0.717) is 25.4 Å². The Labute approximate surface area is 263 Å². The minimum Gasteiger partial charge on any atom is -0.480 e. The van der Waals surface area contributed by atoms with Crippen LogP contribution in [0.25, 0.3) is 0 Å². The summed E-state index contributed by atoms with van der Waals surface area (Å²) in [6.07, 6.45) is -1.19. The van der Waals surface area contributed by atoms with Crippen molar-refractivity contribution >= 4 is 5.97 Å². The molecule has 0 saturated carbocycles. The molecule has 0 aliphatic carbocycles. The molecule has 2 fully saturated rings. The highest BCUT2D eigenvalue weighted by Crippen LogP contribution is 2.38. The van der Waals surface area contributed by atoms with Crippen molar-refractivity contribution in [2.45, 2.75) is 77.1 Å². The van der Waals surface area contributed by atoms with Crippen LogP contribution in [0, 0.1) is 17.7 Å². The molecule has 2 aromatic carbocycles. The molecule has 3 heterocycles. The number of alkyl halides is 3. The van der Waals surface area contributed by atoms with E-state index in [4.69, 9.17) is 5.10 Å². The summed E-state index contributed by atoms with van der Waals surface area (Å²) < 4.78 is 55.2. The van der Waals surface area contributed by atoms with Gasteiger partial charge in [0, 0.05) is 50.1 Å². The van der Waals surface area contributed by atoms with E-state index in [1.807, 2.05) is 24.6 Å². The van der Waals surface area contributed by atoms with E-state index in [2.05, 4.69) is 22.8 Å². The van der Waals surface area contributed by atoms with Crippen molar-refractivity contribution in [1.29, 1.82) is 0 Å². The number of aliphatic carboxylic acids is 1. The Bertz CT molecular complexity index is 1430. The highest BCUT2D eigenvalue weighted by Gasteiger charge is 2.42. The van der Waals surface area contributed by atoms with E-state index in [1.165, 1.54) is 23.9 Å². The van der Waals surface area contributed by atoms with Gasteiger partial charge in [0.1, 0.15) is 11.9 Å². The Morgan fingerprint density at radius 1 is 1.04 bits per heavy atom. The molecule has 6 nitrogen and oxygen atoms in total. The fraction of sp³-hybridized carbons (Fsp3) is 0.543. The molecular formula is C35H44F4N4O2. The van der Waals surface area contributed by atoms with Crippen LogP contribution < -0.4 is 0 Å². The second-order valence-corrected chi connectivity index (χ2v) is 12.9. The molecule has 0 amide bonds. The first-order valence-corrected chi connectivity index (χ1v) is 16.1. The van der Waals surface area contributed by atoms with Gasteiger partial charge in [-0.15, -0.1) is 0 Å². The Balaban J connectivity index is 1.25. The lowest BCUT2D eigenvalue weighted by Crippen LogP contribution is -2.45. The summed E-state index contributed by atoms with van der Waals surface area (Å²) in [4.78, 5) is 16.9. The highest BCUT2D eigenvalue weighted by atomic mass is 19.4. The van der Waals surface area contributed by atoms with Crippen molar-refractivity contribution in [2.24, 2.45) is 11.8 Å². The molecule has 2 aliphatic rings. The predicted molar refractivity (Wildman–Crippen MR) is 166 cm³/mol. The van der Waals surface area contributed by atoms with Gasteiger partial charge in [0.05, 0.1) is 11.3 Å². The molecule has 0 radical (unpaired) electrons. The van der Waals surface area contributed by atoms with Gasteiger partial charge in [0.15, 0.2) is 0 Å². The van der Waals surface area contributed by atoms with Crippen molar-refractivity contribution < 1.29 is 27.5 Å². The van der Waals surface area contributed by atoms with Crippen LogP contribution in [-0.4, -0.2) is 69.4 Å². The standard InChI is InChI=1S/C35H44F4N4O2/c1-4-23(3)33(34(44)45)42-21-27(31(22-42)26-7-6-8-29(36)18-26)20-41-15-13-25(14-16-41)32-19-30(40-43(32)5-2)17-24-9-11-28(12-10-24)35(37,38)39/h6-12,18-19,23,25,27,31,33H,4-5,13-17,20-22H2,1-3H3,(H,44,45)/t23-,27-,31+,33+/m0/s1. The molecule has 10 heteroatoms. The van der Waals surface area contributed by atoms with Gasteiger partial charge in [-0.2, -0.15) is 18.3 Å². The van der Waals surface area contributed by atoms with Gasteiger partial charge in [-0.1, -0.05) is 44.5 Å². The average molecular weight is 629 g/mol. The summed E-state index contributed by atoms with van der Waals surface area (Å²) in [5.41, 5.74) is 3.09. The summed E-state index contributed by atoms with van der Waals surface area (Å²) >= 11 is 0. The summed E-state index contributed by atoms with van der Waals surface area (Å²) in [7, 11) is 0. The first-order valence-electron chi connectivity index (χ1n) is 16.1. The molecule has 4 atom stereocenters. The molecule has 45 heavy (non-hydrogen) atoms. The van der Waals surface area contributed by atoms with Gasteiger partial charge in [0.25, 0.3) is 0 Å². The molecule has 0 bridgehead atoms. The number of carbonyl (C=O) groups is 1. The van der Waals surface area contributed by atoms with Crippen LogP contribution in [0.15, 0.2) is 54.6 Å². The Hall–Kier alpha value is -3.24. The van der Waals surface area contributed by atoms with Crippen molar-refractivity contribution in [1.82, 2.24) is 19.6 Å². The Kier molecular flexibility index (Phi) is 10.3. The van der Waals surface area contributed by atoms with Crippen LogP contribution in [0.3, 0.4) is 0 Å². The number of halogens is 4. The first-order chi connectivity index (χ1) is 21.5. The van der Waals surface area contributed by atoms with Crippen molar-refractivity contribution in [3.05, 3.63) is 88.5 Å². The SMILES string of the molecule is CC[C@H](C)[C@H](C(=O)O)N1C[C@H](CN2CCC(c3cc(Cc4ccc(C(F)(F)F)cc4)nn3CC)CC2)[C@@H](c2cccc(F)c2)C1. The van der Waals surface area contributed by atoms with E-state index >= 15 is 0 Å². The molecule has 0 spiro atoms. The highest BCUT2D eigenvalue weighted by molar-refractivity contribution is 5.74. The number of hydrogen-bond donors (Lipinski definition) is 1. The molecule has 5 rings (SSSR count). The van der Waals surface area contributed by atoms with Gasteiger partial charge < -0.3 is 10.0 Å². The Morgan fingerprint density at radius 2 is 1.76 bits per heavy atom. The van der Waals surface area contributed by atoms with Crippen molar-refractivity contribution in [3.8, 4) is 0 Å². The fourth-order valence-corrected chi connectivity index (χ4v) is 7.33. The van der Waals surface area contributed by atoms with Gasteiger partial charge in [0.2, 0.25) is 0 Å². The smallest absolute Gasteiger partial charge is 0.416 e. The maximum absolute atomic E-state index is 14.3. The van der Waals surface area contributed by atoms with Crippen LogP contribution in [0.4, 0.5) is 17.6 Å². The van der Waals surface area contributed by atoms with Crippen LogP contribution in [-0.2, 0) is 23.9 Å². The maximum atomic E-state index is 14.3. The molecule has 2 aliphatic heterocycles. The molecular weight excluding hydrogens is 584 g/mol.